The van der Waals surface area contributed by atoms with Gasteiger partial charge in [-0.2, -0.15) is 0 Å². The summed E-state index contributed by atoms with van der Waals surface area (Å²) >= 11 is 0. The Balaban J connectivity index is 2.78. The molecular formula is C13H18N2O5S. The summed E-state index contributed by atoms with van der Waals surface area (Å²) < 4.78 is 25.6. The number of hydrogen-bond donors (Lipinski definition) is 2. The summed E-state index contributed by atoms with van der Waals surface area (Å²) in [4.78, 5) is 23.5. The van der Waals surface area contributed by atoms with E-state index in [0.29, 0.717) is 12.1 Å². The van der Waals surface area contributed by atoms with E-state index in [-0.39, 0.29) is 11.3 Å². The van der Waals surface area contributed by atoms with Crippen LogP contribution >= 0.6 is 0 Å². The molecule has 0 radical (unpaired) electrons. The smallest absolute Gasteiger partial charge is 0.323 e. The number of nitrogens with one attached hydrogen (secondary N) is 1. The van der Waals surface area contributed by atoms with Crippen LogP contribution in [-0.4, -0.2) is 49.6 Å². The number of carbonyl (C=O) groups is 2. The van der Waals surface area contributed by atoms with Crippen molar-refractivity contribution >= 4 is 27.6 Å². The largest absolute Gasteiger partial charge is 0.480 e. The molecule has 1 aromatic rings. The van der Waals surface area contributed by atoms with Gasteiger partial charge in [0.25, 0.3) is 5.91 Å². The highest BCUT2D eigenvalue weighted by Gasteiger charge is 2.15. The van der Waals surface area contributed by atoms with Gasteiger partial charge in [-0.05, 0) is 30.7 Å². The van der Waals surface area contributed by atoms with Gasteiger partial charge in [-0.25, -0.2) is 8.42 Å². The Bertz CT molecular complexity index is 610. The summed E-state index contributed by atoms with van der Waals surface area (Å²) in [6, 6.07) is 5.83. The highest BCUT2D eigenvalue weighted by Crippen LogP contribution is 2.13. The molecule has 0 aliphatic heterocycles. The number of aliphatic carboxylic acids is 1. The van der Waals surface area contributed by atoms with Crippen molar-refractivity contribution in [3.63, 3.8) is 0 Å². The Morgan fingerprint density at radius 1 is 1.24 bits per heavy atom. The molecule has 8 heteroatoms. The average Bonchev–Trinajstić information content (AvgIpc) is 2.37. The summed E-state index contributed by atoms with van der Waals surface area (Å²) in [6.07, 6.45) is 0.506. The van der Waals surface area contributed by atoms with E-state index in [1.54, 1.807) is 6.92 Å². The fraction of sp³-hybridized carbons (Fsp3) is 0.385. The van der Waals surface area contributed by atoms with Gasteiger partial charge in [0.2, 0.25) is 10.0 Å². The number of carboxylic acids is 1. The van der Waals surface area contributed by atoms with Crippen molar-refractivity contribution in [1.82, 2.24) is 4.90 Å². The number of carbonyl (C=O) groups excluding carboxylic acids is 1. The molecule has 21 heavy (non-hydrogen) atoms. The Labute approximate surface area is 123 Å². The van der Waals surface area contributed by atoms with Crippen LogP contribution in [-0.2, 0) is 14.8 Å². The minimum Gasteiger partial charge on any atom is -0.480 e. The molecule has 0 spiro atoms. The van der Waals surface area contributed by atoms with Crippen molar-refractivity contribution in [3.8, 4) is 0 Å². The third-order valence-electron chi connectivity index (χ3n) is 2.60. The molecule has 0 saturated heterocycles. The molecule has 0 saturated carbocycles. The number of anilines is 1. The third kappa shape index (κ3) is 5.42. The van der Waals surface area contributed by atoms with E-state index in [1.165, 1.54) is 31.3 Å². The van der Waals surface area contributed by atoms with E-state index in [4.69, 9.17) is 5.11 Å². The molecular weight excluding hydrogens is 296 g/mol. The predicted molar refractivity (Wildman–Crippen MR) is 78.7 cm³/mol. The van der Waals surface area contributed by atoms with Gasteiger partial charge in [0, 0.05) is 18.3 Å². The predicted octanol–water partition coefficient (Wildman–Crippen LogP) is 0.995. The van der Waals surface area contributed by atoms with E-state index in [1.807, 2.05) is 0 Å². The Morgan fingerprint density at radius 2 is 1.81 bits per heavy atom. The van der Waals surface area contributed by atoms with Crippen molar-refractivity contribution in [2.45, 2.75) is 13.3 Å². The summed E-state index contributed by atoms with van der Waals surface area (Å²) in [5.41, 5.74) is 0.651. The first kappa shape index (κ1) is 17.0. The lowest BCUT2D eigenvalue weighted by Gasteiger charge is -2.14. The number of amides is 1. The number of hydrogen-bond acceptors (Lipinski definition) is 4. The van der Waals surface area contributed by atoms with E-state index >= 15 is 0 Å². The van der Waals surface area contributed by atoms with Gasteiger partial charge in [0.05, 0.1) is 5.75 Å². The van der Waals surface area contributed by atoms with Gasteiger partial charge in [-0.3, -0.25) is 14.3 Å². The van der Waals surface area contributed by atoms with Crippen LogP contribution in [0.2, 0.25) is 0 Å². The number of sulfonamides is 1. The Kier molecular flexibility index (Phi) is 5.71. The van der Waals surface area contributed by atoms with E-state index in [2.05, 4.69) is 4.72 Å². The average molecular weight is 314 g/mol. The molecule has 1 rings (SSSR count). The minimum atomic E-state index is -3.37. The highest BCUT2D eigenvalue weighted by atomic mass is 32.2. The van der Waals surface area contributed by atoms with Crippen LogP contribution < -0.4 is 4.72 Å². The second-order valence-electron chi connectivity index (χ2n) is 4.55. The zero-order chi connectivity index (χ0) is 16.0. The van der Waals surface area contributed by atoms with Crippen molar-refractivity contribution < 1.29 is 23.1 Å². The maximum atomic E-state index is 11.9. The fourth-order valence-electron chi connectivity index (χ4n) is 1.68. The van der Waals surface area contributed by atoms with Gasteiger partial charge in [0.1, 0.15) is 6.54 Å². The number of likely N-dealkylation sites (N-methyl/N-ethyl adjacent to an activating group) is 1. The van der Waals surface area contributed by atoms with Gasteiger partial charge in [0.15, 0.2) is 0 Å². The van der Waals surface area contributed by atoms with Gasteiger partial charge in [-0.15, -0.1) is 0 Å². The molecule has 0 aliphatic rings. The molecule has 2 N–H and O–H groups in total. The molecule has 0 bridgehead atoms. The first-order valence-corrected chi connectivity index (χ1v) is 7.98. The van der Waals surface area contributed by atoms with Gasteiger partial charge in [-0.1, -0.05) is 6.92 Å². The molecule has 0 heterocycles. The number of nitrogens with zero attached hydrogens (tertiary/aromatic N) is 1. The van der Waals surface area contributed by atoms with Crippen molar-refractivity contribution in [1.29, 1.82) is 0 Å². The lowest BCUT2D eigenvalue weighted by molar-refractivity contribution is -0.137. The third-order valence-corrected chi connectivity index (χ3v) is 4.09. The fourth-order valence-corrected chi connectivity index (χ4v) is 2.81. The SMILES string of the molecule is CCCS(=O)(=O)Nc1ccc(C(=O)N(C)CC(=O)O)cc1. The monoisotopic (exact) mass is 314 g/mol. The van der Waals surface area contributed by atoms with Crippen LogP contribution in [0.25, 0.3) is 0 Å². The van der Waals surface area contributed by atoms with Crippen molar-refractivity contribution in [2.24, 2.45) is 0 Å². The second-order valence-corrected chi connectivity index (χ2v) is 6.40. The highest BCUT2D eigenvalue weighted by molar-refractivity contribution is 7.92. The standard InChI is InChI=1S/C13H18N2O5S/c1-3-8-21(19,20)14-11-6-4-10(5-7-11)13(18)15(2)9-12(16)17/h4-7,14H,3,8-9H2,1-2H3,(H,16,17). The topological polar surface area (TPSA) is 104 Å². The number of rotatable bonds is 7. The minimum absolute atomic E-state index is 0.0228. The van der Waals surface area contributed by atoms with Gasteiger partial charge < -0.3 is 10.0 Å². The summed E-state index contributed by atoms with van der Waals surface area (Å²) in [5.74, 6) is -1.52. The first-order valence-electron chi connectivity index (χ1n) is 6.33. The molecule has 0 aliphatic carbocycles. The normalized spacial score (nSPS) is 11.0. The lowest BCUT2D eigenvalue weighted by Crippen LogP contribution is -2.31. The van der Waals surface area contributed by atoms with E-state index < -0.39 is 28.4 Å². The molecule has 1 amide bonds. The molecule has 0 fully saturated rings. The van der Waals surface area contributed by atoms with Crippen LogP contribution in [0, 0.1) is 0 Å². The van der Waals surface area contributed by atoms with E-state index in [0.717, 1.165) is 4.90 Å². The first-order chi connectivity index (χ1) is 9.75. The number of carboxylic acid groups (broad SMARTS) is 1. The quantitative estimate of drug-likeness (QED) is 0.781. The van der Waals surface area contributed by atoms with Crippen molar-refractivity contribution in [2.75, 3.05) is 24.1 Å². The second kappa shape index (κ2) is 7.07. The Morgan fingerprint density at radius 3 is 2.29 bits per heavy atom. The number of benzene rings is 1. The maximum absolute atomic E-state index is 11.9. The molecule has 0 unspecified atom stereocenters. The van der Waals surface area contributed by atoms with E-state index in [9.17, 15) is 18.0 Å². The summed E-state index contributed by atoms with van der Waals surface area (Å²) in [5, 5.41) is 8.63. The molecule has 116 valence electrons. The molecule has 7 nitrogen and oxygen atoms in total. The van der Waals surface area contributed by atoms with Crippen LogP contribution in [0.1, 0.15) is 23.7 Å². The van der Waals surface area contributed by atoms with Crippen molar-refractivity contribution in [3.05, 3.63) is 29.8 Å². The zero-order valence-corrected chi connectivity index (χ0v) is 12.7. The molecule has 1 aromatic carbocycles. The molecule has 0 aromatic heterocycles. The van der Waals surface area contributed by atoms with Crippen LogP contribution in [0.4, 0.5) is 5.69 Å². The summed E-state index contributed by atoms with van der Waals surface area (Å²) in [7, 11) is -1.99. The van der Waals surface area contributed by atoms with Crippen LogP contribution in [0.3, 0.4) is 0 Å². The summed E-state index contributed by atoms with van der Waals surface area (Å²) in [6.45, 7) is 1.36. The Hall–Kier alpha value is -2.09. The van der Waals surface area contributed by atoms with Gasteiger partial charge >= 0.3 is 5.97 Å². The maximum Gasteiger partial charge on any atom is 0.323 e. The lowest BCUT2D eigenvalue weighted by atomic mass is 10.2. The molecule has 0 atom stereocenters. The zero-order valence-electron chi connectivity index (χ0n) is 11.9. The van der Waals surface area contributed by atoms with Crippen LogP contribution in [0.15, 0.2) is 24.3 Å². The van der Waals surface area contributed by atoms with Crippen LogP contribution in [0.5, 0.6) is 0 Å².